The second-order valence-electron chi connectivity index (χ2n) is 5.19. The summed E-state index contributed by atoms with van der Waals surface area (Å²) >= 11 is 0. The van der Waals surface area contributed by atoms with Crippen LogP contribution < -0.4 is 0 Å². The summed E-state index contributed by atoms with van der Waals surface area (Å²) in [5.74, 6) is 0. The van der Waals surface area contributed by atoms with Crippen molar-refractivity contribution in [1.29, 1.82) is 0 Å². The highest BCUT2D eigenvalue weighted by Crippen LogP contribution is 2.11. The van der Waals surface area contributed by atoms with Crippen molar-refractivity contribution in [3.8, 4) is 0 Å². The molecule has 0 spiro atoms. The molecule has 1 aliphatic rings. The number of nitrogens with zero attached hydrogens (tertiary/aromatic N) is 2. The van der Waals surface area contributed by atoms with Crippen LogP contribution in [0.25, 0.3) is 0 Å². The van der Waals surface area contributed by atoms with Crippen LogP contribution >= 0.6 is 0 Å². The fraction of sp³-hybridized carbons (Fsp3) is 1.00. The number of hydrogen-bond acceptors (Lipinski definition) is 2. The van der Waals surface area contributed by atoms with Gasteiger partial charge in [-0.1, -0.05) is 25.7 Å². The quantitative estimate of drug-likeness (QED) is 0.609. The number of hydrogen-bond donors (Lipinski definition) is 0. The lowest BCUT2D eigenvalue weighted by molar-refractivity contribution is 0.200. The van der Waals surface area contributed by atoms with Gasteiger partial charge < -0.3 is 9.80 Å². The molecular formula is C13H28N2. The van der Waals surface area contributed by atoms with Gasteiger partial charge in [0.2, 0.25) is 0 Å². The van der Waals surface area contributed by atoms with Gasteiger partial charge in [0.05, 0.1) is 0 Å². The first-order valence-corrected chi connectivity index (χ1v) is 6.59. The van der Waals surface area contributed by atoms with Crippen LogP contribution in [0.1, 0.15) is 45.4 Å². The van der Waals surface area contributed by atoms with Crippen LogP contribution in [0.15, 0.2) is 0 Å². The van der Waals surface area contributed by atoms with E-state index in [9.17, 15) is 0 Å². The molecule has 1 unspecified atom stereocenters. The maximum Gasteiger partial charge on any atom is 0.0109 e. The van der Waals surface area contributed by atoms with Gasteiger partial charge in [-0.25, -0.2) is 0 Å². The van der Waals surface area contributed by atoms with Crippen LogP contribution in [0.4, 0.5) is 0 Å². The smallest absolute Gasteiger partial charge is 0.0109 e. The molecular weight excluding hydrogens is 184 g/mol. The van der Waals surface area contributed by atoms with E-state index in [2.05, 4.69) is 30.8 Å². The summed E-state index contributed by atoms with van der Waals surface area (Å²) in [6.07, 6.45) is 8.47. The molecule has 1 saturated heterocycles. The summed E-state index contributed by atoms with van der Waals surface area (Å²) in [6, 6.07) is 0.762. The molecule has 1 fully saturated rings. The highest BCUT2D eigenvalue weighted by molar-refractivity contribution is 4.66. The van der Waals surface area contributed by atoms with E-state index in [-0.39, 0.29) is 0 Å². The molecule has 0 aromatic carbocycles. The Kier molecular flexibility index (Phi) is 6.26. The Morgan fingerprint density at radius 3 is 2.27 bits per heavy atom. The summed E-state index contributed by atoms with van der Waals surface area (Å²) in [4.78, 5) is 4.99. The minimum Gasteiger partial charge on any atom is -0.305 e. The summed E-state index contributed by atoms with van der Waals surface area (Å²) in [5.41, 5.74) is 0. The topological polar surface area (TPSA) is 6.48 Å². The summed E-state index contributed by atoms with van der Waals surface area (Å²) in [7, 11) is 4.52. The average Bonchev–Trinajstić information content (AvgIpc) is 2.22. The van der Waals surface area contributed by atoms with Crippen molar-refractivity contribution < 1.29 is 0 Å². The molecule has 1 rings (SSSR count). The first-order valence-electron chi connectivity index (χ1n) is 6.59. The number of likely N-dealkylation sites (N-methyl/N-ethyl adjacent to an activating group) is 2. The molecule has 1 atom stereocenters. The summed E-state index contributed by atoms with van der Waals surface area (Å²) in [5, 5.41) is 0. The Labute approximate surface area is 95.6 Å². The minimum atomic E-state index is 0.762. The van der Waals surface area contributed by atoms with Crippen LogP contribution in [0.2, 0.25) is 0 Å². The zero-order valence-corrected chi connectivity index (χ0v) is 10.8. The Morgan fingerprint density at radius 2 is 1.47 bits per heavy atom. The molecule has 90 valence electrons. The van der Waals surface area contributed by atoms with Crippen molar-refractivity contribution >= 4 is 0 Å². The monoisotopic (exact) mass is 212 g/mol. The Morgan fingerprint density at radius 1 is 0.800 bits per heavy atom. The van der Waals surface area contributed by atoms with Crippen molar-refractivity contribution in [2.75, 3.05) is 33.7 Å². The van der Waals surface area contributed by atoms with E-state index in [0.717, 1.165) is 6.04 Å². The molecule has 2 nitrogen and oxygen atoms in total. The van der Waals surface area contributed by atoms with Crippen molar-refractivity contribution in [3.63, 3.8) is 0 Å². The molecule has 1 heterocycles. The third-order valence-corrected chi connectivity index (χ3v) is 3.75. The molecule has 15 heavy (non-hydrogen) atoms. The molecule has 0 N–H and O–H groups in total. The molecule has 0 aliphatic carbocycles. The highest BCUT2D eigenvalue weighted by atomic mass is 15.2. The van der Waals surface area contributed by atoms with Gasteiger partial charge in [0, 0.05) is 19.1 Å². The van der Waals surface area contributed by atoms with Crippen molar-refractivity contribution in [2.24, 2.45) is 0 Å². The lowest BCUT2D eigenvalue weighted by Gasteiger charge is -2.28. The zero-order valence-electron chi connectivity index (χ0n) is 10.8. The van der Waals surface area contributed by atoms with Gasteiger partial charge in [-0.05, 0) is 40.4 Å². The van der Waals surface area contributed by atoms with E-state index >= 15 is 0 Å². The second-order valence-corrected chi connectivity index (χ2v) is 5.19. The molecule has 2 heteroatoms. The Bertz CT molecular complexity index is 159. The van der Waals surface area contributed by atoms with Crippen LogP contribution in [-0.4, -0.2) is 49.6 Å². The SMILES string of the molecule is CC1CCCCCCCN(C)CCN1C. The maximum atomic E-state index is 2.51. The summed E-state index contributed by atoms with van der Waals surface area (Å²) in [6.45, 7) is 6.09. The van der Waals surface area contributed by atoms with Gasteiger partial charge in [0.15, 0.2) is 0 Å². The van der Waals surface area contributed by atoms with Gasteiger partial charge in [0.1, 0.15) is 0 Å². The van der Waals surface area contributed by atoms with Crippen LogP contribution in [0.3, 0.4) is 0 Å². The van der Waals surface area contributed by atoms with Crippen LogP contribution in [0, 0.1) is 0 Å². The standard InChI is InChI=1S/C13H28N2/c1-13-9-7-5-4-6-8-10-14(2)11-12-15(13)3/h13H,4-12H2,1-3H3. The van der Waals surface area contributed by atoms with E-state index < -0.39 is 0 Å². The van der Waals surface area contributed by atoms with Gasteiger partial charge >= 0.3 is 0 Å². The van der Waals surface area contributed by atoms with E-state index in [1.165, 1.54) is 58.2 Å². The van der Waals surface area contributed by atoms with Crippen molar-refractivity contribution in [2.45, 2.75) is 51.5 Å². The first-order chi connectivity index (χ1) is 7.20. The lowest BCUT2D eigenvalue weighted by Crippen LogP contribution is -2.36. The highest BCUT2D eigenvalue weighted by Gasteiger charge is 2.10. The largest absolute Gasteiger partial charge is 0.305 e. The van der Waals surface area contributed by atoms with Crippen molar-refractivity contribution in [1.82, 2.24) is 9.80 Å². The Hall–Kier alpha value is -0.0800. The van der Waals surface area contributed by atoms with Crippen LogP contribution in [0.5, 0.6) is 0 Å². The Balaban J connectivity index is 2.33. The van der Waals surface area contributed by atoms with E-state index in [4.69, 9.17) is 0 Å². The lowest BCUT2D eigenvalue weighted by atomic mass is 10.1. The summed E-state index contributed by atoms with van der Waals surface area (Å²) < 4.78 is 0. The molecule has 0 aromatic heterocycles. The van der Waals surface area contributed by atoms with Crippen molar-refractivity contribution in [3.05, 3.63) is 0 Å². The minimum absolute atomic E-state index is 0.762. The third kappa shape index (κ3) is 5.53. The fourth-order valence-corrected chi connectivity index (χ4v) is 2.23. The zero-order chi connectivity index (χ0) is 11.1. The molecule has 0 aromatic rings. The molecule has 0 bridgehead atoms. The normalized spacial score (nSPS) is 29.4. The van der Waals surface area contributed by atoms with E-state index in [0.29, 0.717) is 0 Å². The van der Waals surface area contributed by atoms with Gasteiger partial charge in [-0.2, -0.15) is 0 Å². The molecule has 0 radical (unpaired) electrons. The van der Waals surface area contributed by atoms with Gasteiger partial charge in [0.25, 0.3) is 0 Å². The predicted molar refractivity (Wildman–Crippen MR) is 67.3 cm³/mol. The molecule has 0 amide bonds. The van der Waals surface area contributed by atoms with Gasteiger partial charge in [-0.3, -0.25) is 0 Å². The second kappa shape index (κ2) is 7.24. The van der Waals surface area contributed by atoms with E-state index in [1.54, 1.807) is 0 Å². The number of rotatable bonds is 0. The molecule has 0 saturated carbocycles. The molecule has 1 aliphatic heterocycles. The third-order valence-electron chi connectivity index (χ3n) is 3.75. The van der Waals surface area contributed by atoms with Gasteiger partial charge in [-0.15, -0.1) is 0 Å². The van der Waals surface area contributed by atoms with E-state index in [1.807, 2.05) is 0 Å². The maximum absolute atomic E-state index is 2.51. The van der Waals surface area contributed by atoms with Crippen LogP contribution in [-0.2, 0) is 0 Å². The average molecular weight is 212 g/mol. The predicted octanol–water partition coefficient (Wildman–Crippen LogP) is 2.59. The first kappa shape index (κ1) is 13.0. The fourth-order valence-electron chi connectivity index (χ4n) is 2.23.